The van der Waals surface area contributed by atoms with Gasteiger partial charge in [0.2, 0.25) is 17.7 Å². The van der Waals surface area contributed by atoms with Crippen LogP contribution in [0.4, 0.5) is 11.4 Å². The monoisotopic (exact) mass is 558 g/mol. The molecule has 8 nitrogen and oxygen atoms in total. The molecule has 5 atom stereocenters. The number of rotatable bonds is 14. The van der Waals surface area contributed by atoms with Crippen molar-refractivity contribution < 1.29 is 19.5 Å². The Morgan fingerprint density at radius 3 is 2.38 bits per heavy atom. The van der Waals surface area contributed by atoms with Crippen molar-refractivity contribution in [2.75, 3.05) is 43.0 Å². The Hall–Kier alpha value is -2.26. The first-order chi connectivity index (χ1) is 18.8. The zero-order valence-electron chi connectivity index (χ0n) is 24.0. The molecule has 9 heteroatoms. The molecule has 1 spiro atoms. The maximum atomic E-state index is 14.1. The molecule has 0 saturated carbocycles. The molecule has 1 aromatic rings. The summed E-state index contributed by atoms with van der Waals surface area (Å²) < 4.78 is -0.953. The second-order valence-corrected chi connectivity index (χ2v) is 13.3. The summed E-state index contributed by atoms with van der Waals surface area (Å²) in [6.07, 6.45) is 5.68. The van der Waals surface area contributed by atoms with Crippen LogP contribution < -0.4 is 15.5 Å². The lowest BCUT2D eigenvalue weighted by atomic mass is 9.66. The summed E-state index contributed by atoms with van der Waals surface area (Å²) in [5, 5.41) is 15.3. The molecule has 2 bridgehead atoms. The average Bonchev–Trinajstić information content (AvgIpc) is 3.49. The van der Waals surface area contributed by atoms with Gasteiger partial charge in [-0.05, 0) is 77.1 Å². The minimum atomic E-state index is -0.619. The molecular weight excluding hydrogens is 512 g/mol. The maximum Gasteiger partial charge on any atom is 0.248 e. The van der Waals surface area contributed by atoms with E-state index >= 15 is 0 Å². The molecule has 4 rings (SSSR count). The summed E-state index contributed by atoms with van der Waals surface area (Å²) in [5.74, 6) is -1.19. The normalized spacial score (nSPS) is 29.0. The first-order valence-electron chi connectivity index (χ1n) is 14.8. The minimum Gasteiger partial charge on any atom is -0.396 e. The third-order valence-corrected chi connectivity index (χ3v) is 10.9. The number of carbonyl (C=O) groups excluding carboxylic acids is 3. The van der Waals surface area contributed by atoms with Gasteiger partial charge in [-0.2, -0.15) is 0 Å². The Labute approximate surface area is 237 Å². The van der Waals surface area contributed by atoms with Crippen LogP contribution in [0.5, 0.6) is 0 Å². The summed E-state index contributed by atoms with van der Waals surface area (Å²) in [6.45, 7) is 11.4. The van der Waals surface area contributed by atoms with Gasteiger partial charge < -0.3 is 25.5 Å². The molecule has 39 heavy (non-hydrogen) atoms. The van der Waals surface area contributed by atoms with E-state index in [1.807, 2.05) is 31.2 Å². The fourth-order valence-corrected chi connectivity index (χ4v) is 9.38. The molecule has 0 aliphatic carbocycles. The van der Waals surface area contributed by atoms with Crippen LogP contribution in [0.15, 0.2) is 24.3 Å². The summed E-state index contributed by atoms with van der Waals surface area (Å²) in [7, 11) is 0. The second kappa shape index (κ2) is 12.5. The average molecular weight is 559 g/mol. The Balaban J connectivity index is 1.60. The van der Waals surface area contributed by atoms with E-state index in [4.69, 9.17) is 5.11 Å². The van der Waals surface area contributed by atoms with Gasteiger partial charge in [0.1, 0.15) is 6.04 Å². The van der Waals surface area contributed by atoms with Crippen LogP contribution in [-0.4, -0.2) is 76.0 Å². The minimum absolute atomic E-state index is 0.0530. The molecule has 2 unspecified atom stereocenters. The maximum absolute atomic E-state index is 14.1. The van der Waals surface area contributed by atoms with E-state index in [0.29, 0.717) is 18.8 Å². The molecule has 1 aromatic carbocycles. The molecule has 3 amide bonds. The summed E-state index contributed by atoms with van der Waals surface area (Å²) in [4.78, 5) is 45.6. The van der Waals surface area contributed by atoms with Crippen molar-refractivity contribution in [2.45, 2.75) is 88.2 Å². The highest BCUT2D eigenvalue weighted by molar-refractivity contribution is 8.02. The van der Waals surface area contributed by atoms with Crippen molar-refractivity contribution in [1.82, 2.24) is 10.2 Å². The number of likely N-dealkylation sites (tertiary alicyclic amines) is 1. The number of fused-ring (bicyclic) bond motifs is 1. The topological polar surface area (TPSA) is 102 Å². The van der Waals surface area contributed by atoms with Gasteiger partial charge in [-0.25, -0.2) is 0 Å². The second-order valence-electron chi connectivity index (χ2n) is 11.4. The van der Waals surface area contributed by atoms with Crippen LogP contribution in [0.25, 0.3) is 0 Å². The van der Waals surface area contributed by atoms with Gasteiger partial charge in [-0.3, -0.25) is 14.4 Å². The Bertz CT molecular complexity index is 1030. The predicted octanol–water partition coefficient (Wildman–Crippen LogP) is 4.03. The third kappa shape index (κ3) is 5.53. The number of benzene rings is 1. The van der Waals surface area contributed by atoms with Crippen LogP contribution in [0.2, 0.25) is 0 Å². The van der Waals surface area contributed by atoms with Gasteiger partial charge in [0.25, 0.3) is 0 Å². The first kappa shape index (κ1) is 29.7. The van der Waals surface area contributed by atoms with E-state index in [2.05, 4.69) is 36.3 Å². The standard InChI is InChI=1S/C30H46N4O4S/c1-5-18-31-26(36)23-24-28(38)34(19-10-8-9-11-20-35)25(30(24)17-16-29(23,4)39-30)27(37)32-21-12-14-22(15-13-21)33(6-2)7-3/h12-15,23-25,35H,5-11,16-20H2,1-4H3,(H,31,36)(H,32,37)/t23-,24+,25?,29+,30?/m1/s1. The van der Waals surface area contributed by atoms with Crippen LogP contribution in [-0.2, 0) is 14.4 Å². The number of unbranched alkanes of at least 4 members (excludes halogenated alkanes) is 3. The van der Waals surface area contributed by atoms with Crippen LogP contribution in [0.3, 0.4) is 0 Å². The number of hydrogen-bond donors (Lipinski definition) is 3. The summed E-state index contributed by atoms with van der Waals surface area (Å²) in [6, 6.07) is 7.28. The highest BCUT2D eigenvalue weighted by Crippen LogP contribution is 2.71. The van der Waals surface area contributed by atoms with Gasteiger partial charge in [0.05, 0.1) is 16.6 Å². The summed E-state index contributed by atoms with van der Waals surface area (Å²) >= 11 is 1.71. The number of thioether (sulfide) groups is 1. The third-order valence-electron chi connectivity index (χ3n) is 8.93. The van der Waals surface area contributed by atoms with Crippen molar-refractivity contribution in [3.05, 3.63) is 24.3 Å². The molecule has 3 heterocycles. The van der Waals surface area contributed by atoms with Crippen molar-refractivity contribution in [2.24, 2.45) is 11.8 Å². The number of aliphatic hydroxyl groups excluding tert-OH is 1. The number of hydrogen-bond acceptors (Lipinski definition) is 6. The Morgan fingerprint density at radius 2 is 1.74 bits per heavy atom. The van der Waals surface area contributed by atoms with E-state index in [9.17, 15) is 14.4 Å². The van der Waals surface area contributed by atoms with E-state index < -0.39 is 22.6 Å². The van der Waals surface area contributed by atoms with Crippen molar-refractivity contribution >= 4 is 40.9 Å². The number of aliphatic hydroxyl groups is 1. The molecule has 0 radical (unpaired) electrons. The van der Waals surface area contributed by atoms with Gasteiger partial charge in [0, 0.05) is 48.9 Å². The van der Waals surface area contributed by atoms with Gasteiger partial charge >= 0.3 is 0 Å². The van der Waals surface area contributed by atoms with E-state index in [0.717, 1.165) is 63.7 Å². The molecular formula is C30H46N4O4S. The number of nitrogens with one attached hydrogen (secondary N) is 2. The summed E-state index contributed by atoms with van der Waals surface area (Å²) in [5.41, 5.74) is 1.82. The lowest BCUT2D eigenvalue weighted by molar-refractivity contribution is -0.140. The fourth-order valence-electron chi connectivity index (χ4n) is 7.03. The largest absolute Gasteiger partial charge is 0.396 e. The number of anilines is 2. The Kier molecular flexibility index (Phi) is 9.53. The van der Waals surface area contributed by atoms with E-state index in [1.54, 1.807) is 16.7 Å². The molecule has 3 aliphatic heterocycles. The zero-order valence-corrected chi connectivity index (χ0v) is 24.8. The van der Waals surface area contributed by atoms with E-state index in [1.165, 1.54) is 0 Å². The fraction of sp³-hybridized carbons (Fsp3) is 0.700. The van der Waals surface area contributed by atoms with Crippen LogP contribution in [0, 0.1) is 11.8 Å². The molecule has 3 aliphatic rings. The lowest BCUT2D eigenvalue weighted by Gasteiger charge is -2.35. The highest BCUT2D eigenvalue weighted by Gasteiger charge is 2.76. The molecule has 3 N–H and O–H groups in total. The van der Waals surface area contributed by atoms with Crippen molar-refractivity contribution in [3.8, 4) is 0 Å². The van der Waals surface area contributed by atoms with Crippen molar-refractivity contribution in [1.29, 1.82) is 0 Å². The quantitative estimate of drug-likeness (QED) is 0.298. The van der Waals surface area contributed by atoms with E-state index in [-0.39, 0.29) is 29.1 Å². The van der Waals surface area contributed by atoms with Gasteiger partial charge in [-0.1, -0.05) is 19.8 Å². The smallest absolute Gasteiger partial charge is 0.248 e. The Morgan fingerprint density at radius 1 is 1.05 bits per heavy atom. The zero-order chi connectivity index (χ0) is 28.2. The number of amides is 3. The molecule has 3 fully saturated rings. The highest BCUT2D eigenvalue weighted by atomic mass is 32.2. The van der Waals surface area contributed by atoms with Gasteiger partial charge in [-0.15, -0.1) is 11.8 Å². The van der Waals surface area contributed by atoms with Gasteiger partial charge in [0.15, 0.2) is 0 Å². The number of carbonyl (C=O) groups is 3. The molecule has 3 saturated heterocycles. The first-order valence-corrected chi connectivity index (χ1v) is 15.6. The predicted molar refractivity (Wildman–Crippen MR) is 158 cm³/mol. The lowest BCUT2D eigenvalue weighted by Crippen LogP contribution is -2.52. The van der Waals surface area contributed by atoms with Crippen molar-refractivity contribution in [3.63, 3.8) is 0 Å². The molecule has 216 valence electrons. The number of nitrogens with zero attached hydrogens (tertiary/aromatic N) is 2. The molecule has 0 aromatic heterocycles. The van der Waals surface area contributed by atoms with Crippen LogP contribution in [0.1, 0.15) is 72.6 Å². The SMILES string of the molecule is CCCNC(=O)[C@H]1[C@H]2C(=O)N(CCCCCCO)C(C(=O)Nc3ccc(N(CC)CC)cc3)C23CC[C@]1(C)S3. The van der Waals surface area contributed by atoms with Crippen LogP contribution >= 0.6 is 11.8 Å².